The monoisotopic (exact) mass is 232 g/mol. The third kappa shape index (κ3) is 18.5. The number of unbranched alkanes of at least 4 members (excludes halogenated alkanes) is 3. The van der Waals surface area contributed by atoms with E-state index in [-0.39, 0.29) is 0 Å². The molecule has 0 fully saturated rings. The first-order valence-electron chi connectivity index (χ1n) is 5.52. The molecule has 0 saturated heterocycles. The molecule has 0 aromatic carbocycles. The van der Waals surface area contributed by atoms with Crippen LogP contribution in [0.25, 0.3) is 0 Å². The fourth-order valence-electron chi connectivity index (χ4n) is 0.921. The van der Waals surface area contributed by atoms with Crippen molar-refractivity contribution in [2.24, 2.45) is 4.99 Å². The van der Waals surface area contributed by atoms with E-state index in [1.165, 1.54) is 25.7 Å². The molecule has 0 aromatic heterocycles. The molecule has 0 heterocycles. The van der Waals surface area contributed by atoms with Gasteiger partial charge in [0, 0.05) is 20.6 Å². The van der Waals surface area contributed by atoms with Crippen molar-refractivity contribution in [3.63, 3.8) is 0 Å². The Balaban J connectivity index is 0. The Morgan fingerprint density at radius 2 is 1.69 bits per heavy atom. The second-order valence-corrected chi connectivity index (χ2v) is 3.67. The molecule has 0 aliphatic heterocycles. The predicted octanol–water partition coefficient (Wildman–Crippen LogP) is 2.77. The van der Waals surface area contributed by atoms with Crippen molar-refractivity contribution < 1.29 is 15.0 Å². The van der Waals surface area contributed by atoms with E-state index in [1.807, 2.05) is 14.1 Å². The van der Waals surface area contributed by atoms with E-state index in [1.54, 1.807) is 0 Å². The Kier molecular flexibility index (Phi) is 12.7. The summed E-state index contributed by atoms with van der Waals surface area (Å²) < 4.78 is 0. The highest BCUT2D eigenvalue weighted by Gasteiger charge is 1.91. The van der Waals surface area contributed by atoms with E-state index in [0.29, 0.717) is 0 Å². The SMILES string of the molecule is CCCCCCN=C(C)N(C)C.O=C(O)O. The number of rotatable bonds is 5. The summed E-state index contributed by atoms with van der Waals surface area (Å²) in [7, 11) is 4.07. The highest BCUT2D eigenvalue weighted by Crippen LogP contribution is 1.98. The maximum absolute atomic E-state index is 8.56. The lowest BCUT2D eigenvalue weighted by Crippen LogP contribution is -2.18. The Hall–Kier alpha value is -1.26. The van der Waals surface area contributed by atoms with Crippen molar-refractivity contribution in [1.29, 1.82) is 0 Å². The van der Waals surface area contributed by atoms with Crippen LogP contribution in [-0.2, 0) is 0 Å². The smallest absolute Gasteiger partial charge is 0.450 e. The van der Waals surface area contributed by atoms with Crippen molar-refractivity contribution in [2.75, 3.05) is 20.6 Å². The predicted molar refractivity (Wildman–Crippen MR) is 66.5 cm³/mol. The first-order valence-corrected chi connectivity index (χ1v) is 5.52. The van der Waals surface area contributed by atoms with Crippen LogP contribution in [0.3, 0.4) is 0 Å². The molecule has 96 valence electrons. The Bertz CT molecular complexity index is 199. The second kappa shape index (κ2) is 11.8. The second-order valence-electron chi connectivity index (χ2n) is 3.67. The summed E-state index contributed by atoms with van der Waals surface area (Å²) in [4.78, 5) is 15.0. The van der Waals surface area contributed by atoms with Gasteiger partial charge in [-0.1, -0.05) is 26.2 Å². The highest BCUT2D eigenvalue weighted by atomic mass is 16.6. The molecule has 0 radical (unpaired) electrons. The molecule has 0 aliphatic rings. The van der Waals surface area contributed by atoms with Crippen molar-refractivity contribution in [2.45, 2.75) is 39.5 Å². The van der Waals surface area contributed by atoms with Crippen molar-refractivity contribution in [3.8, 4) is 0 Å². The number of nitrogens with zero attached hydrogens (tertiary/aromatic N) is 2. The van der Waals surface area contributed by atoms with E-state index in [2.05, 4.69) is 23.7 Å². The van der Waals surface area contributed by atoms with E-state index < -0.39 is 6.16 Å². The summed E-state index contributed by atoms with van der Waals surface area (Å²) >= 11 is 0. The summed E-state index contributed by atoms with van der Waals surface area (Å²) in [5, 5.41) is 13.9. The van der Waals surface area contributed by atoms with Crippen LogP contribution in [0, 0.1) is 0 Å². The minimum atomic E-state index is -1.83. The van der Waals surface area contributed by atoms with E-state index in [0.717, 1.165) is 12.4 Å². The zero-order chi connectivity index (χ0) is 13.0. The molecule has 0 bridgehead atoms. The molecular formula is C11H24N2O3. The van der Waals surface area contributed by atoms with Gasteiger partial charge in [-0.05, 0) is 13.3 Å². The van der Waals surface area contributed by atoms with E-state index in [4.69, 9.17) is 15.0 Å². The molecule has 16 heavy (non-hydrogen) atoms. The molecule has 0 spiro atoms. The van der Waals surface area contributed by atoms with Gasteiger partial charge in [0.15, 0.2) is 0 Å². The molecule has 0 unspecified atom stereocenters. The van der Waals surface area contributed by atoms with Gasteiger partial charge in [-0.3, -0.25) is 4.99 Å². The zero-order valence-electron chi connectivity index (χ0n) is 10.7. The lowest BCUT2D eigenvalue weighted by Gasteiger charge is -2.10. The molecule has 5 heteroatoms. The van der Waals surface area contributed by atoms with Gasteiger partial charge in [-0.2, -0.15) is 0 Å². The minimum absolute atomic E-state index is 0.990. The first kappa shape index (κ1) is 17.1. The fraction of sp³-hybridized carbons (Fsp3) is 0.818. The fourth-order valence-corrected chi connectivity index (χ4v) is 0.921. The standard InChI is InChI=1S/C10H22N2.CH2O3/c1-5-6-7-8-9-11-10(2)12(3)4;2-1(3)4/h5-9H2,1-4H3;(H2,2,3,4). The number of amidine groups is 1. The molecule has 2 N–H and O–H groups in total. The topological polar surface area (TPSA) is 73.1 Å². The number of hydrogen-bond donors (Lipinski definition) is 2. The van der Waals surface area contributed by atoms with Crippen LogP contribution < -0.4 is 0 Å². The molecule has 0 saturated carbocycles. The van der Waals surface area contributed by atoms with E-state index >= 15 is 0 Å². The minimum Gasteiger partial charge on any atom is -0.450 e. The maximum Gasteiger partial charge on any atom is 0.503 e. The Morgan fingerprint density at radius 1 is 1.19 bits per heavy atom. The van der Waals surface area contributed by atoms with E-state index in [9.17, 15) is 0 Å². The van der Waals surface area contributed by atoms with Crippen molar-refractivity contribution >= 4 is 12.0 Å². The summed E-state index contributed by atoms with van der Waals surface area (Å²) in [6.07, 6.45) is 3.37. The number of carboxylic acid groups (broad SMARTS) is 2. The van der Waals surface area contributed by atoms with Crippen LogP contribution in [0.15, 0.2) is 4.99 Å². The number of aliphatic imine (C=N–C) groups is 1. The van der Waals surface area contributed by atoms with Gasteiger partial charge in [0.2, 0.25) is 0 Å². The quantitative estimate of drug-likeness (QED) is 0.434. The van der Waals surface area contributed by atoms with Crippen LogP contribution in [0.4, 0.5) is 4.79 Å². The van der Waals surface area contributed by atoms with Gasteiger partial charge < -0.3 is 15.1 Å². The molecule has 0 atom stereocenters. The third-order valence-electron chi connectivity index (χ3n) is 2.00. The normalized spacial score (nSPS) is 10.4. The maximum atomic E-state index is 8.56. The molecule has 0 aromatic rings. The van der Waals surface area contributed by atoms with Gasteiger partial charge in [0.25, 0.3) is 0 Å². The average Bonchev–Trinajstić information content (AvgIpc) is 2.16. The third-order valence-corrected chi connectivity index (χ3v) is 2.00. The molecule has 0 rings (SSSR count). The van der Waals surface area contributed by atoms with Gasteiger partial charge in [-0.25, -0.2) is 4.79 Å². The van der Waals surface area contributed by atoms with Crippen LogP contribution in [-0.4, -0.2) is 47.7 Å². The zero-order valence-corrected chi connectivity index (χ0v) is 10.7. The molecule has 0 amide bonds. The first-order chi connectivity index (χ1) is 7.41. The molecule has 0 aliphatic carbocycles. The number of hydrogen-bond acceptors (Lipinski definition) is 2. The summed E-state index contributed by atoms with van der Waals surface area (Å²) in [6.45, 7) is 5.28. The van der Waals surface area contributed by atoms with Crippen LogP contribution in [0.2, 0.25) is 0 Å². The highest BCUT2D eigenvalue weighted by molar-refractivity contribution is 5.79. The lowest BCUT2D eigenvalue weighted by atomic mass is 10.2. The van der Waals surface area contributed by atoms with Crippen molar-refractivity contribution in [3.05, 3.63) is 0 Å². The average molecular weight is 232 g/mol. The van der Waals surface area contributed by atoms with Gasteiger partial charge in [0.1, 0.15) is 0 Å². The van der Waals surface area contributed by atoms with Gasteiger partial charge in [-0.15, -0.1) is 0 Å². The van der Waals surface area contributed by atoms with Crippen LogP contribution in [0.5, 0.6) is 0 Å². The Morgan fingerprint density at radius 3 is 2.06 bits per heavy atom. The lowest BCUT2D eigenvalue weighted by molar-refractivity contribution is 0.137. The van der Waals surface area contributed by atoms with Crippen LogP contribution in [0.1, 0.15) is 39.5 Å². The summed E-state index contributed by atoms with van der Waals surface area (Å²) in [5.74, 6) is 1.13. The number of carbonyl (C=O) groups is 1. The van der Waals surface area contributed by atoms with Gasteiger partial charge >= 0.3 is 6.16 Å². The van der Waals surface area contributed by atoms with Gasteiger partial charge in [0.05, 0.1) is 5.84 Å². The van der Waals surface area contributed by atoms with Crippen LogP contribution >= 0.6 is 0 Å². The van der Waals surface area contributed by atoms with Crippen molar-refractivity contribution in [1.82, 2.24) is 4.90 Å². The molecule has 5 nitrogen and oxygen atoms in total. The summed E-state index contributed by atoms with van der Waals surface area (Å²) in [5.41, 5.74) is 0. The largest absolute Gasteiger partial charge is 0.503 e. The Labute approximate surface area is 97.8 Å². The summed E-state index contributed by atoms with van der Waals surface area (Å²) in [6, 6.07) is 0. The molecular weight excluding hydrogens is 208 g/mol.